The van der Waals surface area contributed by atoms with Crippen molar-refractivity contribution in [2.24, 2.45) is 5.10 Å². The van der Waals surface area contributed by atoms with Crippen molar-refractivity contribution in [1.82, 2.24) is 14.9 Å². The molecule has 118 valence electrons. The maximum Gasteiger partial charge on any atom is 0.216 e. The van der Waals surface area contributed by atoms with Gasteiger partial charge in [-0.05, 0) is 50.2 Å². The lowest BCUT2D eigenvalue weighted by Gasteiger charge is -2.09. The van der Waals surface area contributed by atoms with Gasteiger partial charge in [-0.2, -0.15) is 14.9 Å². The number of benzene rings is 1. The number of aromatic nitrogens is 3. The largest absolute Gasteiger partial charge is 0.491 e. The molecule has 0 spiro atoms. The molecule has 0 amide bonds. The maximum atomic E-state index is 5.68. The zero-order valence-corrected chi connectivity index (χ0v) is 14.1. The van der Waals surface area contributed by atoms with Gasteiger partial charge in [-0.1, -0.05) is 25.5 Å². The zero-order chi connectivity index (χ0) is 15.9. The third kappa shape index (κ3) is 4.53. The summed E-state index contributed by atoms with van der Waals surface area (Å²) in [6.07, 6.45) is 4.95. The van der Waals surface area contributed by atoms with Gasteiger partial charge in [0.15, 0.2) is 5.82 Å². The van der Waals surface area contributed by atoms with Crippen LogP contribution in [0, 0.1) is 4.77 Å². The second-order valence-electron chi connectivity index (χ2n) is 5.34. The van der Waals surface area contributed by atoms with E-state index in [0.29, 0.717) is 4.77 Å². The number of hydrogen-bond donors (Lipinski definition) is 1. The Morgan fingerprint density at radius 3 is 3.00 bits per heavy atom. The molecule has 5 nitrogen and oxygen atoms in total. The van der Waals surface area contributed by atoms with E-state index < -0.39 is 0 Å². The number of aryl methyl sites for hydroxylation is 1. The van der Waals surface area contributed by atoms with Gasteiger partial charge in [-0.3, -0.25) is 5.10 Å². The first kappa shape index (κ1) is 16.4. The Morgan fingerprint density at radius 1 is 1.45 bits per heavy atom. The molecule has 22 heavy (non-hydrogen) atoms. The van der Waals surface area contributed by atoms with E-state index in [1.165, 1.54) is 0 Å². The molecule has 0 bridgehead atoms. The van der Waals surface area contributed by atoms with Crippen molar-refractivity contribution >= 4 is 18.4 Å². The lowest BCUT2D eigenvalue weighted by atomic mass is 10.2. The van der Waals surface area contributed by atoms with Crippen LogP contribution in [0.15, 0.2) is 29.4 Å². The predicted octanol–water partition coefficient (Wildman–Crippen LogP) is 3.95. The van der Waals surface area contributed by atoms with Gasteiger partial charge in [0.05, 0.1) is 12.3 Å². The van der Waals surface area contributed by atoms with Crippen LogP contribution >= 0.6 is 12.2 Å². The SMILES string of the molecule is CCCCc1n[nH]c(=S)n1/N=C\c1cccc(OC(C)C)c1. The van der Waals surface area contributed by atoms with Crippen LogP contribution in [-0.4, -0.2) is 27.2 Å². The van der Waals surface area contributed by atoms with E-state index >= 15 is 0 Å². The summed E-state index contributed by atoms with van der Waals surface area (Å²) in [7, 11) is 0. The molecule has 0 aliphatic rings. The number of hydrogen-bond acceptors (Lipinski definition) is 4. The van der Waals surface area contributed by atoms with Crippen LogP contribution in [0.2, 0.25) is 0 Å². The first-order valence-electron chi connectivity index (χ1n) is 7.57. The van der Waals surface area contributed by atoms with Crippen LogP contribution in [-0.2, 0) is 6.42 Å². The van der Waals surface area contributed by atoms with E-state index in [-0.39, 0.29) is 6.10 Å². The van der Waals surface area contributed by atoms with Crippen molar-refractivity contribution in [3.05, 3.63) is 40.4 Å². The molecule has 0 atom stereocenters. The number of aromatic amines is 1. The molecular formula is C16H22N4OS. The summed E-state index contributed by atoms with van der Waals surface area (Å²) in [6, 6.07) is 7.82. The summed E-state index contributed by atoms with van der Waals surface area (Å²) in [5.74, 6) is 1.69. The average Bonchev–Trinajstić information content (AvgIpc) is 2.83. The molecule has 0 saturated heterocycles. The summed E-state index contributed by atoms with van der Waals surface area (Å²) in [6.45, 7) is 6.16. The van der Waals surface area contributed by atoms with Crippen molar-refractivity contribution in [2.75, 3.05) is 0 Å². The average molecular weight is 318 g/mol. The molecule has 1 heterocycles. The normalized spacial score (nSPS) is 11.5. The van der Waals surface area contributed by atoms with Crippen LogP contribution in [0.5, 0.6) is 5.75 Å². The number of rotatable bonds is 7. The molecule has 1 aromatic carbocycles. The van der Waals surface area contributed by atoms with E-state index in [2.05, 4.69) is 22.2 Å². The highest BCUT2D eigenvalue weighted by molar-refractivity contribution is 7.71. The highest BCUT2D eigenvalue weighted by Crippen LogP contribution is 2.14. The second-order valence-corrected chi connectivity index (χ2v) is 5.73. The lowest BCUT2D eigenvalue weighted by Crippen LogP contribution is -2.05. The molecule has 0 saturated carbocycles. The van der Waals surface area contributed by atoms with Gasteiger partial charge >= 0.3 is 0 Å². The van der Waals surface area contributed by atoms with E-state index in [0.717, 1.165) is 36.4 Å². The second kappa shape index (κ2) is 7.89. The van der Waals surface area contributed by atoms with Gasteiger partial charge in [0.2, 0.25) is 4.77 Å². The fraction of sp³-hybridized carbons (Fsp3) is 0.438. The van der Waals surface area contributed by atoms with Gasteiger partial charge in [0, 0.05) is 6.42 Å². The predicted molar refractivity (Wildman–Crippen MR) is 91.2 cm³/mol. The topological polar surface area (TPSA) is 55.2 Å². The van der Waals surface area contributed by atoms with Crippen molar-refractivity contribution < 1.29 is 4.74 Å². The molecule has 0 unspecified atom stereocenters. The van der Waals surface area contributed by atoms with Gasteiger partial charge in [0.25, 0.3) is 0 Å². The number of unbranched alkanes of at least 4 members (excludes halogenated alkanes) is 1. The van der Waals surface area contributed by atoms with Crippen LogP contribution < -0.4 is 4.74 Å². The lowest BCUT2D eigenvalue weighted by molar-refractivity contribution is 0.242. The molecule has 0 aliphatic carbocycles. The number of H-pyrrole nitrogens is 1. The molecule has 2 aromatic rings. The number of nitrogens with one attached hydrogen (secondary N) is 1. The molecule has 0 aliphatic heterocycles. The van der Waals surface area contributed by atoms with Gasteiger partial charge in [-0.15, -0.1) is 0 Å². The van der Waals surface area contributed by atoms with Gasteiger partial charge in [0.1, 0.15) is 5.75 Å². The van der Waals surface area contributed by atoms with Crippen molar-refractivity contribution in [2.45, 2.75) is 46.1 Å². The van der Waals surface area contributed by atoms with Gasteiger partial charge < -0.3 is 4.74 Å². The Hall–Kier alpha value is -1.95. The summed E-state index contributed by atoms with van der Waals surface area (Å²) in [5.41, 5.74) is 0.961. The Bertz CT molecular complexity index is 687. The van der Waals surface area contributed by atoms with Crippen LogP contribution in [0.25, 0.3) is 0 Å². The first-order valence-corrected chi connectivity index (χ1v) is 7.98. The Kier molecular flexibility index (Phi) is 5.89. The quantitative estimate of drug-likeness (QED) is 0.621. The highest BCUT2D eigenvalue weighted by atomic mass is 32.1. The van der Waals surface area contributed by atoms with Crippen molar-refractivity contribution in [3.63, 3.8) is 0 Å². The number of ether oxygens (including phenoxy) is 1. The first-order chi connectivity index (χ1) is 10.6. The minimum Gasteiger partial charge on any atom is -0.491 e. The summed E-state index contributed by atoms with van der Waals surface area (Å²) >= 11 is 5.23. The molecule has 1 N–H and O–H groups in total. The smallest absolute Gasteiger partial charge is 0.216 e. The standard InChI is InChI=1S/C16H22N4OS/c1-4-5-9-15-18-19-16(22)20(15)17-11-13-7-6-8-14(10-13)21-12(2)3/h6-8,10-12H,4-5,9H2,1-3H3,(H,19,22)/b17-11-. The maximum absolute atomic E-state index is 5.68. The molecule has 2 rings (SSSR count). The molecule has 6 heteroatoms. The van der Waals surface area contributed by atoms with Crippen molar-refractivity contribution in [1.29, 1.82) is 0 Å². The fourth-order valence-corrected chi connectivity index (χ4v) is 2.20. The van der Waals surface area contributed by atoms with E-state index in [1.807, 2.05) is 38.1 Å². The van der Waals surface area contributed by atoms with Crippen LogP contribution in [0.3, 0.4) is 0 Å². The van der Waals surface area contributed by atoms with Crippen LogP contribution in [0.1, 0.15) is 45.0 Å². The Balaban J connectivity index is 2.18. The Morgan fingerprint density at radius 2 is 2.27 bits per heavy atom. The van der Waals surface area contributed by atoms with Gasteiger partial charge in [-0.25, -0.2) is 0 Å². The molecular weight excluding hydrogens is 296 g/mol. The minimum absolute atomic E-state index is 0.148. The van der Waals surface area contributed by atoms with E-state index in [9.17, 15) is 0 Å². The molecule has 0 radical (unpaired) electrons. The van der Waals surface area contributed by atoms with Crippen molar-refractivity contribution in [3.8, 4) is 5.75 Å². The van der Waals surface area contributed by atoms with E-state index in [4.69, 9.17) is 17.0 Å². The third-order valence-electron chi connectivity index (χ3n) is 3.02. The Labute approximate surface area is 136 Å². The third-order valence-corrected chi connectivity index (χ3v) is 3.29. The summed E-state index contributed by atoms with van der Waals surface area (Å²) < 4.78 is 7.88. The number of nitrogens with zero attached hydrogens (tertiary/aromatic N) is 3. The highest BCUT2D eigenvalue weighted by Gasteiger charge is 2.04. The van der Waals surface area contributed by atoms with E-state index in [1.54, 1.807) is 10.9 Å². The summed E-state index contributed by atoms with van der Waals surface area (Å²) in [4.78, 5) is 0. The molecule has 0 fully saturated rings. The zero-order valence-electron chi connectivity index (χ0n) is 13.2. The monoisotopic (exact) mass is 318 g/mol. The summed E-state index contributed by atoms with van der Waals surface area (Å²) in [5, 5.41) is 11.5. The minimum atomic E-state index is 0.148. The molecule has 1 aromatic heterocycles. The van der Waals surface area contributed by atoms with Crippen LogP contribution in [0.4, 0.5) is 0 Å². The fourth-order valence-electron chi connectivity index (χ4n) is 2.00.